The van der Waals surface area contributed by atoms with E-state index >= 15 is 0 Å². The van der Waals surface area contributed by atoms with E-state index in [0.29, 0.717) is 5.92 Å². The number of allylic oxidation sites excluding steroid dienone is 5. The van der Waals surface area contributed by atoms with Gasteiger partial charge in [-0.3, -0.25) is 0 Å². The van der Waals surface area contributed by atoms with Gasteiger partial charge in [0.15, 0.2) is 0 Å². The van der Waals surface area contributed by atoms with Gasteiger partial charge in [-0.1, -0.05) is 257 Å². The fourth-order valence-corrected chi connectivity index (χ4v) is 11.5. The van der Waals surface area contributed by atoms with Crippen LogP contribution in [0.15, 0.2) is 230 Å². The van der Waals surface area contributed by atoms with Crippen LogP contribution < -0.4 is 0 Å². The SMILES string of the molecule is C=C/C=C(\C=C)c1ccc(CC)c(-c2cc(C)ccc2C)c1.Cc1ccc(C(C)C)cc1.Cc1ccc2c(c1)C(c1ccccc1)(c1ccccc1)c1cc(C)c3ccccc3c1-2.Cc1cccc2oc3c(c12)C=CCC3. The molecule has 0 amide bonds. The van der Waals surface area contributed by atoms with E-state index in [2.05, 4.69) is 276 Å². The summed E-state index contributed by atoms with van der Waals surface area (Å²) in [5.41, 5.74) is 25.7. The lowest BCUT2D eigenvalue weighted by Crippen LogP contribution is -2.28. The second-order valence-electron chi connectivity index (χ2n) is 21.2. The first-order chi connectivity index (χ1) is 37.4. The summed E-state index contributed by atoms with van der Waals surface area (Å²) in [5, 5.41) is 3.97. The Morgan fingerprint density at radius 3 is 1.88 bits per heavy atom. The van der Waals surface area contributed by atoms with Gasteiger partial charge in [0.25, 0.3) is 0 Å². The molecule has 1 heteroatoms. The zero-order valence-corrected chi connectivity index (χ0v) is 46.8. The topological polar surface area (TPSA) is 13.1 Å². The molecule has 2 aliphatic rings. The lowest BCUT2D eigenvalue weighted by molar-refractivity contribution is 0.546. The fourth-order valence-electron chi connectivity index (χ4n) is 11.5. The summed E-state index contributed by atoms with van der Waals surface area (Å²) in [5.74, 6) is 1.80. The van der Waals surface area contributed by atoms with Crippen LogP contribution in [0.4, 0.5) is 0 Å². The van der Waals surface area contributed by atoms with E-state index in [0.717, 1.165) is 36.2 Å². The molecule has 10 aromatic rings. The van der Waals surface area contributed by atoms with Crippen LogP contribution in [0.3, 0.4) is 0 Å². The Morgan fingerprint density at radius 1 is 0.571 bits per heavy atom. The molecule has 0 N–H and O–H groups in total. The Morgan fingerprint density at radius 2 is 1.22 bits per heavy atom. The number of hydrogen-bond acceptors (Lipinski definition) is 1. The maximum Gasteiger partial charge on any atom is 0.135 e. The molecule has 1 nitrogen and oxygen atoms in total. The van der Waals surface area contributed by atoms with Crippen LogP contribution >= 0.6 is 0 Å². The van der Waals surface area contributed by atoms with Crippen LogP contribution in [0.1, 0.15) is 117 Å². The lowest BCUT2D eigenvalue weighted by Gasteiger charge is -2.34. The van der Waals surface area contributed by atoms with Crippen molar-refractivity contribution in [3.8, 4) is 22.3 Å². The number of hydrogen-bond donors (Lipinski definition) is 0. The van der Waals surface area contributed by atoms with E-state index in [1.807, 2.05) is 18.2 Å². The first-order valence-electron chi connectivity index (χ1n) is 27.5. The Labute approximate surface area is 459 Å². The van der Waals surface area contributed by atoms with Crippen molar-refractivity contribution in [2.45, 2.75) is 92.9 Å². The Hall–Kier alpha value is -8.26. The van der Waals surface area contributed by atoms with Crippen molar-refractivity contribution < 1.29 is 4.42 Å². The number of benzene rings is 9. The molecular weight excluding hydrogens is 929 g/mol. The molecule has 1 aromatic heterocycles. The van der Waals surface area contributed by atoms with Crippen molar-refractivity contribution in [1.29, 1.82) is 0 Å². The largest absolute Gasteiger partial charge is 0.460 e. The van der Waals surface area contributed by atoms with Crippen molar-refractivity contribution in [2.24, 2.45) is 0 Å². The third-order valence-electron chi connectivity index (χ3n) is 15.5. The summed E-state index contributed by atoms with van der Waals surface area (Å²) in [6, 6.07) is 68.6. The normalized spacial score (nSPS) is 12.8. The molecule has 0 saturated carbocycles. The maximum absolute atomic E-state index is 5.82. The molecule has 0 unspecified atom stereocenters. The van der Waals surface area contributed by atoms with Gasteiger partial charge < -0.3 is 4.42 Å². The summed E-state index contributed by atoms with van der Waals surface area (Å²) in [4.78, 5) is 0. The predicted octanol–water partition coefficient (Wildman–Crippen LogP) is 20.9. The second-order valence-corrected chi connectivity index (χ2v) is 21.2. The quantitative estimate of drug-likeness (QED) is 0.138. The summed E-state index contributed by atoms with van der Waals surface area (Å²) in [6.07, 6.45) is 13.3. The third kappa shape index (κ3) is 10.9. The van der Waals surface area contributed by atoms with Crippen molar-refractivity contribution in [2.75, 3.05) is 0 Å². The summed E-state index contributed by atoms with van der Waals surface area (Å²) >= 11 is 0. The molecule has 0 radical (unpaired) electrons. The zero-order valence-electron chi connectivity index (χ0n) is 46.8. The first kappa shape index (κ1) is 53.6. The van der Waals surface area contributed by atoms with Crippen LogP contribution in [0.25, 0.3) is 55.6 Å². The van der Waals surface area contributed by atoms with Crippen molar-refractivity contribution in [3.05, 3.63) is 309 Å². The molecule has 0 aliphatic heterocycles. The number of aryl methyl sites for hydroxylation is 8. The van der Waals surface area contributed by atoms with Crippen LogP contribution in [0, 0.1) is 41.5 Å². The average Bonchev–Trinajstić information content (AvgIpc) is 4.16. The molecule has 1 heterocycles. The highest BCUT2D eigenvalue weighted by molar-refractivity contribution is 6.05. The number of fused-ring (bicyclic) bond motifs is 8. The minimum Gasteiger partial charge on any atom is -0.460 e. The Balaban J connectivity index is 0.000000136. The average molecular weight is 1000 g/mol. The van der Waals surface area contributed by atoms with Crippen LogP contribution in [0.2, 0.25) is 0 Å². The molecule has 0 saturated heterocycles. The van der Waals surface area contributed by atoms with E-state index in [-0.39, 0.29) is 5.41 Å². The van der Waals surface area contributed by atoms with Crippen LogP contribution in [-0.4, -0.2) is 0 Å². The zero-order chi connectivity index (χ0) is 54.2. The summed E-state index contributed by atoms with van der Waals surface area (Å²) in [6.45, 7) is 27.4. The molecule has 0 atom stereocenters. The lowest BCUT2D eigenvalue weighted by atomic mass is 9.67. The Bertz CT molecular complexity index is 3740. The van der Waals surface area contributed by atoms with E-state index in [9.17, 15) is 0 Å². The first-order valence-corrected chi connectivity index (χ1v) is 27.5. The molecule has 2 aliphatic carbocycles. The van der Waals surface area contributed by atoms with Gasteiger partial charge in [0.2, 0.25) is 0 Å². The van der Waals surface area contributed by atoms with Gasteiger partial charge in [0, 0.05) is 17.4 Å². The summed E-state index contributed by atoms with van der Waals surface area (Å²) in [7, 11) is 0. The van der Waals surface area contributed by atoms with E-state index in [1.54, 1.807) is 0 Å². The molecule has 12 rings (SSSR count). The Kier molecular flexibility index (Phi) is 16.5. The smallest absolute Gasteiger partial charge is 0.135 e. The maximum atomic E-state index is 5.82. The predicted molar refractivity (Wildman–Crippen MR) is 333 cm³/mol. The van der Waals surface area contributed by atoms with E-state index < -0.39 is 0 Å². The van der Waals surface area contributed by atoms with Crippen LogP contribution in [0.5, 0.6) is 0 Å². The van der Waals surface area contributed by atoms with E-state index in [1.165, 1.54) is 116 Å². The molecular formula is C76H74O. The van der Waals surface area contributed by atoms with Gasteiger partial charge in [-0.15, -0.1) is 0 Å². The minimum absolute atomic E-state index is 0.325. The van der Waals surface area contributed by atoms with Gasteiger partial charge in [-0.05, 0) is 167 Å². The highest BCUT2D eigenvalue weighted by Crippen LogP contribution is 2.58. The highest BCUT2D eigenvalue weighted by Gasteiger charge is 2.47. The molecule has 0 fully saturated rings. The summed E-state index contributed by atoms with van der Waals surface area (Å²) < 4.78 is 5.82. The van der Waals surface area contributed by atoms with Crippen molar-refractivity contribution >= 4 is 33.4 Å². The fraction of sp³-hybridized carbons (Fsp3) is 0.184. The number of furan rings is 1. The highest BCUT2D eigenvalue weighted by atomic mass is 16.3. The van der Waals surface area contributed by atoms with Gasteiger partial charge >= 0.3 is 0 Å². The van der Waals surface area contributed by atoms with Gasteiger partial charge in [0.05, 0.1) is 5.41 Å². The van der Waals surface area contributed by atoms with E-state index in [4.69, 9.17) is 4.42 Å². The molecule has 9 aromatic carbocycles. The second kappa shape index (κ2) is 23.7. The van der Waals surface area contributed by atoms with Crippen molar-refractivity contribution in [1.82, 2.24) is 0 Å². The van der Waals surface area contributed by atoms with Gasteiger partial charge in [-0.25, -0.2) is 0 Å². The molecule has 384 valence electrons. The van der Waals surface area contributed by atoms with Crippen molar-refractivity contribution in [3.63, 3.8) is 0 Å². The van der Waals surface area contributed by atoms with Crippen LogP contribution in [-0.2, 0) is 18.3 Å². The van der Waals surface area contributed by atoms with Gasteiger partial charge in [-0.2, -0.15) is 0 Å². The molecule has 77 heavy (non-hydrogen) atoms. The molecule has 0 spiro atoms. The molecule has 0 bridgehead atoms. The minimum atomic E-state index is -0.325. The third-order valence-corrected chi connectivity index (χ3v) is 15.5. The monoisotopic (exact) mass is 1000 g/mol. The number of rotatable bonds is 8. The van der Waals surface area contributed by atoms with Gasteiger partial charge in [0.1, 0.15) is 11.3 Å². The standard InChI is InChI=1S/C31H24.C22H24.C13H12O.C10H14/c1-21-17-18-27-28(19-21)31(23-11-5-3-6-12-23,24-13-7-4-8-14-24)29-20-22(2)25-15-9-10-16-26(25)30(27)29;1-6-9-18(7-2)20-13-12-19(8-3)22(15-20)21-14-16(4)10-11-17(21)5;1-9-5-4-8-12-13(9)10-6-2-3-7-11(10)14-12;1-8(2)10-6-4-9(3)5-7-10/h3-20H,1-2H3;6-7,9-15H,1-2,8H2,3-5H3;2,4-6,8H,3,7H2,1H3;4-8H,1-3H3/b;18-9+;;.